The van der Waals surface area contributed by atoms with Crippen molar-refractivity contribution in [3.8, 4) is 11.5 Å². The van der Waals surface area contributed by atoms with Gasteiger partial charge in [0.25, 0.3) is 5.91 Å². The Balaban J connectivity index is 1.52. The number of amides is 1. The lowest BCUT2D eigenvalue weighted by Gasteiger charge is -2.35. The average molecular weight is 405 g/mol. The Morgan fingerprint density at radius 3 is 2.33 bits per heavy atom. The molecule has 1 N–H and O–H groups in total. The van der Waals surface area contributed by atoms with Crippen molar-refractivity contribution in [3.63, 3.8) is 0 Å². The summed E-state index contributed by atoms with van der Waals surface area (Å²) in [6.45, 7) is 6.63. The molecule has 1 saturated heterocycles. The molecule has 0 radical (unpaired) electrons. The summed E-state index contributed by atoms with van der Waals surface area (Å²) >= 11 is 0. The lowest BCUT2D eigenvalue weighted by atomic mass is 10.1. The molecule has 4 rings (SSSR count). The molecule has 156 valence electrons. The van der Waals surface area contributed by atoms with E-state index in [9.17, 15) is 4.79 Å². The van der Waals surface area contributed by atoms with E-state index in [4.69, 9.17) is 4.42 Å². The second-order valence-electron chi connectivity index (χ2n) is 7.83. The molecule has 1 amide bonds. The number of aryl methyl sites for hydroxylation is 1. The maximum Gasteiger partial charge on any atom is 0.274 e. The van der Waals surface area contributed by atoms with Crippen molar-refractivity contribution in [2.45, 2.75) is 13.0 Å². The second-order valence-corrected chi connectivity index (χ2v) is 7.83. The Morgan fingerprint density at radius 1 is 1.03 bits per heavy atom. The van der Waals surface area contributed by atoms with Crippen LogP contribution in [0.4, 0.5) is 0 Å². The summed E-state index contributed by atoms with van der Waals surface area (Å²) in [6.07, 6.45) is 0. The molecule has 1 fully saturated rings. The number of piperazine rings is 1. The Morgan fingerprint density at radius 2 is 1.67 bits per heavy atom. The van der Waals surface area contributed by atoms with E-state index in [0.29, 0.717) is 17.3 Å². The van der Waals surface area contributed by atoms with Crippen molar-refractivity contribution >= 4 is 5.91 Å². The van der Waals surface area contributed by atoms with Crippen molar-refractivity contribution in [2.75, 3.05) is 39.8 Å². The van der Waals surface area contributed by atoms with Gasteiger partial charge in [0.15, 0.2) is 5.69 Å². The Bertz CT molecular complexity index is 963. The minimum absolute atomic E-state index is 0.113. The van der Waals surface area contributed by atoms with E-state index < -0.39 is 0 Å². The lowest BCUT2D eigenvalue weighted by Crippen LogP contribution is -2.47. The van der Waals surface area contributed by atoms with Crippen LogP contribution in [0.25, 0.3) is 11.5 Å². The summed E-state index contributed by atoms with van der Waals surface area (Å²) in [5.74, 6) is 0.785. The zero-order valence-corrected chi connectivity index (χ0v) is 17.5. The van der Waals surface area contributed by atoms with Gasteiger partial charge in [-0.25, -0.2) is 4.98 Å². The van der Waals surface area contributed by atoms with Gasteiger partial charge in [0, 0.05) is 38.3 Å². The fraction of sp³-hybridized carbons (Fsp3) is 0.333. The molecule has 0 bridgehead atoms. The summed E-state index contributed by atoms with van der Waals surface area (Å²) in [4.78, 5) is 22.3. The Kier molecular flexibility index (Phi) is 6.26. The van der Waals surface area contributed by atoms with Crippen molar-refractivity contribution in [1.29, 1.82) is 0 Å². The molecule has 1 aliphatic rings. The monoisotopic (exact) mass is 404 g/mol. The standard InChI is InChI=1S/C24H28N4O2/c1-18-22(26-24(30-18)20-11-7-4-8-12-20)23(29)25-21(19-9-5-3-6-10-19)17-28-15-13-27(2)14-16-28/h3-12,21H,13-17H2,1-2H3,(H,25,29). The first kappa shape index (κ1) is 20.3. The molecule has 3 aromatic rings. The van der Waals surface area contributed by atoms with Crippen LogP contribution in [-0.2, 0) is 0 Å². The molecule has 1 aromatic heterocycles. The maximum absolute atomic E-state index is 13.1. The molecule has 6 heteroatoms. The third-order valence-electron chi connectivity index (χ3n) is 5.58. The quantitative estimate of drug-likeness (QED) is 0.683. The van der Waals surface area contributed by atoms with Crippen LogP contribution in [0.5, 0.6) is 0 Å². The average Bonchev–Trinajstić information content (AvgIpc) is 3.18. The number of nitrogens with zero attached hydrogens (tertiary/aromatic N) is 3. The molecule has 1 atom stereocenters. The second kappa shape index (κ2) is 9.24. The number of hydrogen-bond acceptors (Lipinski definition) is 5. The van der Waals surface area contributed by atoms with Crippen molar-refractivity contribution < 1.29 is 9.21 Å². The smallest absolute Gasteiger partial charge is 0.274 e. The first-order valence-electron chi connectivity index (χ1n) is 10.4. The van der Waals surface area contributed by atoms with Crippen LogP contribution in [0.3, 0.4) is 0 Å². The van der Waals surface area contributed by atoms with Gasteiger partial charge in [-0.15, -0.1) is 0 Å². The van der Waals surface area contributed by atoms with Gasteiger partial charge in [-0.3, -0.25) is 9.69 Å². The molecular formula is C24H28N4O2. The van der Waals surface area contributed by atoms with Crippen LogP contribution in [0.1, 0.15) is 27.9 Å². The van der Waals surface area contributed by atoms with Crippen molar-refractivity contribution in [1.82, 2.24) is 20.1 Å². The SMILES string of the molecule is Cc1oc(-c2ccccc2)nc1C(=O)NC(CN1CCN(C)CC1)c1ccccc1. The molecule has 30 heavy (non-hydrogen) atoms. The van der Waals surface area contributed by atoms with Crippen LogP contribution < -0.4 is 5.32 Å². The summed E-state index contributed by atoms with van der Waals surface area (Å²) in [7, 11) is 2.14. The van der Waals surface area contributed by atoms with E-state index in [1.54, 1.807) is 6.92 Å². The molecule has 0 spiro atoms. The largest absolute Gasteiger partial charge is 0.441 e. The van der Waals surface area contributed by atoms with Gasteiger partial charge in [-0.05, 0) is 31.7 Å². The maximum atomic E-state index is 13.1. The first-order chi connectivity index (χ1) is 14.6. The molecule has 1 unspecified atom stereocenters. The van der Waals surface area contributed by atoms with Gasteiger partial charge < -0.3 is 14.6 Å². The molecule has 6 nitrogen and oxygen atoms in total. The van der Waals surface area contributed by atoms with Crippen LogP contribution in [0, 0.1) is 6.92 Å². The predicted octanol–water partition coefficient (Wildman–Crippen LogP) is 3.37. The number of carbonyl (C=O) groups excluding carboxylic acids is 1. The van der Waals surface area contributed by atoms with Gasteiger partial charge >= 0.3 is 0 Å². The highest BCUT2D eigenvalue weighted by atomic mass is 16.4. The Hall–Kier alpha value is -2.96. The van der Waals surface area contributed by atoms with Crippen molar-refractivity contribution in [2.24, 2.45) is 0 Å². The topological polar surface area (TPSA) is 61.6 Å². The van der Waals surface area contributed by atoms with Crippen molar-refractivity contribution in [3.05, 3.63) is 77.7 Å². The number of benzene rings is 2. The summed E-state index contributed by atoms with van der Waals surface area (Å²) in [6, 6.07) is 19.7. The van der Waals surface area contributed by atoms with Gasteiger partial charge in [0.2, 0.25) is 5.89 Å². The van der Waals surface area contributed by atoms with E-state index in [1.165, 1.54) is 0 Å². The number of aromatic nitrogens is 1. The van der Waals surface area contributed by atoms with Gasteiger partial charge in [0.05, 0.1) is 6.04 Å². The fourth-order valence-corrected chi connectivity index (χ4v) is 3.75. The number of carbonyl (C=O) groups is 1. The number of hydrogen-bond donors (Lipinski definition) is 1. The van der Waals surface area contributed by atoms with Crippen LogP contribution in [0.2, 0.25) is 0 Å². The van der Waals surface area contributed by atoms with E-state index in [-0.39, 0.29) is 11.9 Å². The third kappa shape index (κ3) is 4.78. The first-order valence-corrected chi connectivity index (χ1v) is 10.4. The molecule has 0 aliphatic carbocycles. The van der Waals surface area contributed by atoms with Crippen LogP contribution in [-0.4, -0.2) is 60.5 Å². The zero-order valence-electron chi connectivity index (χ0n) is 17.5. The molecular weight excluding hydrogens is 376 g/mol. The van der Waals surface area contributed by atoms with Crippen LogP contribution >= 0.6 is 0 Å². The summed E-state index contributed by atoms with van der Waals surface area (Å²) < 4.78 is 5.78. The highest BCUT2D eigenvalue weighted by molar-refractivity contribution is 5.94. The minimum Gasteiger partial charge on any atom is -0.441 e. The number of oxazole rings is 1. The van der Waals surface area contributed by atoms with Gasteiger partial charge in [-0.2, -0.15) is 0 Å². The van der Waals surface area contributed by atoms with Crippen LogP contribution in [0.15, 0.2) is 65.1 Å². The normalized spacial score (nSPS) is 16.3. The lowest BCUT2D eigenvalue weighted by molar-refractivity contribution is 0.0901. The molecule has 1 aliphatic heterocycles. The van der Waals surface area contributed by atoms with Gasteiger partial charge in [-0.1, -0.05) is 48.5 Å². The third-order valence-corrected chi connectivity index (χ3v) is 5.58. The Labute approximate surface area is 177 Å². The summed E-state index contributed by atoms with van der Waals surface area (Å²) in [5.41, 5.74) is 2.29. The number of rotatable bonds is 6. The van der Waals surface area contributed by atoms with E-state index in [0.717, 1.165) is 43.9 Å². The predicted molar refractivity (Wildman–Crippen MR) is 117 cm³/mol. The van der Waals surface area contributed by atoms with E-state index in [2.05, 4.69) is 39.3 Å². The number of likely N-dealkylation sites (N-methyl/N-ethyl adjacent to an activating group) is 1. The highest BCUT2D eigenvalue weighted by Crippen LogP contribution is 2.22. The summed E-state index contributed by atoms with van der Waals surface area (Å²) in [5, 5.41) is 3.20. The zero-order chi connectivity index (χ0) is 20.9. The molecule has 0 saturated carbocycles. The van der Waals surface area contributed by atoms with E-state index in [1.807, 2.05) is 48.5 Å². The van der Waals surface area contributed by atoms with Gasteiger partial charge in [0.1, 0.15) is 5.76 Å². The minimum atomic E-state index is -0.207. The molecule has 2 aromatic carbocycles. The number of nitrogens with one attached hydrogen (secondary N) is 1. The fourth-order valence-electron chi connectivity index (χ4n) is 3.75. The molecule has 2 heterocycles. The highest BCUT2D eigenvalue weighted by Gasteiger charge is 2.24. The van der Waals surface area contributed by atoms with E-state index >= 15 is 0 Å².